The van der Waals surface area contributed by atoms with Crippen molar-refractivity contribution < 1.29 is 9.53 Å². The lowest BCUT2D eigenvalue weighted by molar-refractivity contribution is 0.102. The van der Waals surface area contributed by atoms with E-state index < -0.39 is 0 Å². The maximum absolute atomic E-state index is 12.3. The monoisotopic (exact) mass is 328 g/mol. The van der Waals surface area contributed by atoms with Crippen LogP contribution >= 0.6 is 0 Å². The van der Waals surface area contributed by atoms with E-state index in [-0.39, 0.29) is 5.91 Å². The van der Waals surface area contributed by atoms with E-state index in [4.69, 9.17) is 10.00 Å². The summed E-state index contributed by atoms with van der Waals surface area (Å²) in [7, 11) is 0. The van der Waals surface area contributed by atoms with Crippen LogP contribution in [0.25, 0.3) is 0 Å². The van der Waals surface area contributed by atoms with Crippen LogP contribution < -0.4 is 10.1 Å². The second-order valence-electron chi connectivity index (χ2n) is 5.44. The Labute approximate surface area is 146 Å². The van der Waals surface area contributed by atoms with Crippen LogP contribution in [0.3, 0.4) is 0 Å². The van der Waals surface area contributed by atoms with E-state index in [2.05, 4.69) is 5.32 Å². The second kappa shape index (κ2) is 7.80. The fourth-order valence-electron chi connectivity index (χ4n) is 2.27. The maximum Gasteiger partial charge on any atom is 0.255 e. The number of carbonyl (C=O) groups is 1. The Morgan fingerprint density at radius 3 is 2.24 bits per heavy atom. The lowest BCUT2D eigenvalue weighted by atomic mass is 10.1. The lowest BCUT2D eigenvalue weighted by Crippen LogP contribution is -2.11. The van der Waals surface area contributed by atoms with Crippen molar-refractivity contribution in [2.24, 2.45) is 0 Å². The molecule has 0 saturated heterocycles. The summed E-state index contributed by atoms with van der Waals surface area (Å²) in [5.41, 5.74) is 2.76. The predicted molar refractivity (Wildman–Crippen MR) is 96.3 cm³/mol. The van der Waals surface area contributed by atoms with Gasteiger partial charge < -0.3 is 10.1 Å². The van der Waals surface area contributed by atoms with Gasteiger partial charge in [0, 0.05) is 11.3 Å². The van der Waals surface area contributed by atoms with Crippen molar-refractivity contribution in [1.29, 1.82) is 5.26 Å². The average molecular weight is 328 g/mol. The molecule has 0 aliphatic carbocycles. The highest BCUT2D eigenvalue weighted by Crippen LogP contribution is 2.14. The minimum Gasteiger partial charge on any atom is -0.489 e. The minimum absolute atomic E-state index is 0.194. The maximum atomic E-state index is 12.3. The number of hydrogen-bond donors (Lipinski definition) is 1. The molecular weight excluding hydrogens is 312 g/mol. The summed E-state index contributed by atoms with van der Waals surface area (Å²) in [6.45, 7) is 0.446. The Morgan fingerprint density at radius 1 is 0.920 bits per heavy atom. The molecule has 3 aromatic carbocycles. The van der Waals surface area contributed by atoms with E-state index in [1.165, 1.54) is 0 Å². The summed E-state index contributed by atoms with van der Waals surface area (Å²) >= 11 is 0. The van der Waals surface area contributed by atoms with E-state index in [1.807, 2.05) is 48.5 Å². The molecule has 4 heteroatoms. The van der Waals surface area contributed by atoms with Gasteiger partial charge in [0.05, 0.1) is 11.6 Å². The third-order valence-electron chi connectivity index (χ3n) is 3.64. The van der Waals surface area contributed by atoms with Crippen LogP contribution in [-0.4, -0.2) is 5.91 Å². The Hall–Kier alpha value is -3.58. The number of nitriles is 1. The van der Waals surface area contributed by atoms with Crippen LogP contribution in [0, 0.1) is 11.3 Å². The Kier molecular flexibility index (Phi) is 5.08. The molecule has 0 aliphatic rings. The van der Waals surface area contributed by atoms with Crippen LogP contribution in [0.1, 0.15) is 21.5 Å². The van der Waals surface area contributed by atoms with Gasteiger partial charge in [0.2, 0.25) is 0 Å². The number of nitrogens with zero attached hydrogens (tertiary/aromatic N) is 1. The highest BCUT2D eigenvalue weighted by atomic mass is 16.5. The van der Waals surface area contributed by atoms with Crippen LogP contribution in [-0.2, 0) is 6.61 Å². The van der Waals surface area contributed by atoms with Crippen molar-refractivity contribution in [3.63, 3.8) is 0 Å². The Morgan fingerprint density at radius 2 is 1.60 bits per heavy atom. The molecule has 0 spiro atoms. The SMILES string of the molecule is N#Cc1ccc(NC(=O)c2ccc(COc3ccccc3)cc2)cc1. The van der Waals surface area contributed by atoms with Gasteiger partial charge >= 0.3 is 0 Å². The molecule has 4 nitrogen and oxygen atoms in total. The van der Waals surface area contributed by atoms with Gasteiger partial charge in [0.25, 0.3) is 5.91 Å². The van der Waals surface area contributed by atoms with Gasteiger partial charge in [-0.05, 0) is 54.1 Å². The lowest BCUT2D eigenvalue weighted by Gasteiger charge is -2.08. The fourth-order valence-corrected chi connectivity index (χ4v) is 2.27. The van der Waals surface area contributed by atoms with E-state index >= 15 is 0 Å². The molecule has 0 radical (unpaired) electrons. The topological polar surface area (TPSA) is 62.1 Å². The minimum atomic E-state index is -0.194. The first kappa shape index (κ1) is 16.3. The number of rotatable bonds is 5. The van der Waals surface area contributed by atoms with E-state index in [0.29, 0.717) is 23.4 Å². The molecular formula is C21H16N2O2. The van der Waals surface area contributed by atoms with Crippen molar-refractivity contribution in [2.45, 2.75) is 6.61 Å². The zero-order valence-corrected chi connectivity index (χ0v) is 13.5. The number of benzene rings is 3. The number of anilines is 1. The first-order valence-corrected chi connectivity index (χ1v) is 7.83. The van der Waals surface area contributed by atoms with Crippen LogP contribution in [0.4, 0.5) is 5.69 Å². The van der Waals surface area contributed by atoms with Gasteiger partial charge in [0.1, 0.15) is 12.4 Å². The number of amides is 1. The van der Waals surface area contributed by atoms with Crippen molar-refractivity contribution in [2.75, 3.05) is 5.32 Å². The second-order valence-corrected chi connectivity index (χ2v) is 5.44. The van der Waals surface area contributed by atoms with Crippen LogP contribution in [0.2, 0.25) is 0 Å². The summed E-state index contributed by atoms with van der Waals surface area (Å²) in [4.78, 5) is 12.3. The zero-order valence-electron chi connectivity index (χ0n) is 13.5. The van der Waals surface area contributed by atoms with Crippen molar-refractivity contribution in [1.82, 2.24) is 0 Å². The van der Waals surface area contributed by atoms with Crippen LogP contribution in [0.5, 0.6) is 5.75 Å². The van der Waals surface area contributed by atoms with E-state index in [9.17, 15) is 4.79 Å². The fraction of sp³-hybridized carbons (Fsp3) is 0.0476. The smallest absolute Gasteiger partial charge is 0.255 e. The van der Waals surface area contributed by atoms with Gasteiger partial charge in [-0.3, -0.25) is 4.79 Å². The van der Waals surface area contributed by atoms with Gasteiger partial charge in [-0.15, -0.1) is 0 Å². The molecule has 25 heavy (non-hydrogen) atoms. The number of para-hydroxylation sites is 1. The molecule has 1 N–H and O–H groups in total. The zero-order chi connectivity index (χ0) is 17.5. The highest BCUT2D eigenvalue weighted by molar-refractivity contribution is 6.04. The third-order valence-corrected chi connectivity index (χ3v) is 3.64. The molecule has 0 unspecified atom stereocenters. The molecule has 1 amide bonds. The Balaban J connectivity index is 1.59. The quantitative estimate of drug-likeness (QED) is 0.755. The molecule has 0 atom stereocenters. The highest BCUT2D eigenvalue weighted by Gasteiger charge is 2.06. The van der Waals surface area contributed by atoms with E-state index in [0.717, 1.165) is 11.3 Å². The number of nitrogens with one attached hydrogen (secondary N) is 1. The number of hydrogen-bond acceptors (Lipinski definition) is 3. The van der Waals surface area contributed by atoms with Crippen molar-refractivity contribution >= 4 is 11.6 Å². The largest absolute Gasteiger partial charge is 0.489 e. The predicted octanol–water partition coefficient (Wildman–Crippen LogP) is 4.39. The summed E-state index contributed by atoms with van der Waals surface area (Å²) in [6, 6.07) is 25.7. The summed E-state index contributed by atoms with van der Waals surface area (Å²) < 4.78 is 5.68. The average Bonchev–Trinajstić information content (AvgIpc) is 2.68. The molecule has 0 bridgehead atoms. The van der Waals surface area contributed by atoms with Gasteiger partial charge in [-0.2, -0.15) is 5.26 Å². The van der Waals surface area contributed by atoms with Gasteiger partial charge in [-0.25, -0.2) is 0 Å². The molecule has 0 heterocycles. The molecule has 0 aliphatic heterocycles. The van der Waals surface area contributed by atoms with Crippen molar-refractivity contribution in [3.05, 3.63) is 95.6 Å². The number of ether oxygens (including phenoxy) is 1. The summed E-state index contributed by atoms with van der Waals surface area (Å²) in [5, 5.41) is 11.6. The van der Waals surface area contributed by atoms with Gasteiger partial charge in [0.15, 0.2) is 0 Å². The van der Waals surface area contributed by atoms with Crippen molar-refractivity contribution in [3.8, 4) is 11.8 Å². The molecule has 0 saturated carbocycles. The summed E-state index contributed by atoms with van der Waals surface area (Å²) in [6.07, 6.45) is 0. The number of carbonyl (C=O) groups excluding carboxylic acids is 1. The normalized spacial score (nSPS) is 9.88. The third kappa shape index (κ3) is 4.46. The summed E-state index contributed by atoms with van der Waals surface area (Å²) in [5.74, 6) is 0.616. The molecule has 3 aromatic rings. The van der Waals surface area contributed by atoms with Crippen LogP contribution in [0.15, 0.2) is 78.9 Å². The molecule has 122 valence electrons. The molecule has 3 rings (SSSR count). The first-order valence-electron chi connectivity index (χ1n) is 7.83. The molecule has 0 aromatic heterocycles. The molecule has 0 fully saturated rings. The van der Waals surface area contributed by atoms with Gasteiger partial charge in [-0.1, -0.05) is 30.3 Å². The Bertz CT molecular complexity index is 880. The first-order chi connectivity index (χ1) is 12.2. The standard InChI is InChI=1S/C21H16N2O2/c22-14-16-8-12-19(13-9-16)23-21(24)18-10-6-17(7-11-18)15-25-20-4-2-1-3-5-20/h1-13H,15H2,(H,23,24). The van der Waals surface area contributed by atoms with E-state index in [1.54, 1.807) is 36.4 Å².